The predicted octanol–water partition coefficient (Wildman–Crippen LogP) is 3.33. The van der Waals surface area contributed by atoms with Gasteiger partial charge in [-0.05, 0) is 47.3 Å². The quantitative estimate of drug-likeness (QED) is 0.704. The normalized spacial score (nSPS) is 12.8. The van der Waals surface area contributed by atoms with Gasteiger partial charge in [0.1, 0.15) is 6.26 Å². The average molecular weight is 224 g/mol. The van der Waals surface area contributed by atoms with Crippen molar-refractivity contribution >= 4 is 11.2 Å². The van der Waals surface area contributed by atoms with Gasteiger partial charge in [0.25, 0.3) is 0 Å². The van der Waals surface area contributed by atoms with Crippen LogP contribution in [0, 0.1) is 0 Å². The Kier molecular flexibility index (Phi) is 5.20. The van der Waals surface area contributed by atoms with Gasteiger partial charge in [-0.3, -0.25) is 0 Å². The predicted molar refractivity (Wildman–Crippen MR) is 66.8 cm³/mol. The molecule has 1 aromatic rings. The van der Waals surface area contributed by atoms with Crippen LogP contribution in [0.4, 0.5) is 0 Å². The average Bonchev–Trinajstić information content (AvgIpc) is 2.21. The molecular formula is C13H20OS. The Morgan fingerprint density at radius 2 is 1.67 bits per heavy atom. The molecule has 15 heavy (non-hydrogen) atoms. The van der Waals surface area contributed by atoms with Gasteiger partial charge < -0.3 is 4.55 Å². The van der Waals surface area contributed by atoms with E-state index in [0.29, 0.717) is 0 Å². The van der Waals surface area contributed by atoms with Crippen LogP contribution in [0.5, 0.6) is 0 Å². The molecule has 0 radical (unpaired) electrons. The second kappa shape index (κ2) is 6.19. The minimum Gasteiger partial charge on any atom is -0.612 e. The smallest absolute Gasteiger partial charge is 0.152 e. The summed E-state index contributed by atoms with van der Waals surface area (Å²) in [4.78, 5) is 0.957. The molecule has 1 unspecified atom stereocenters. The van der Waals surface area contributed by atoms with E-state index in [0.717, 1.165) is 24.2 Å². The van der Waals surface area contributed by atoms with E-state index < -0.39 is 11.2 Å². The SMILES string of the molecule is CCCc1ccc([S+](C)[O-])cc1CCC. The molecule has 0 saturated carbocycles. The number of rotatable bonds is 5. The summed E-state index contributed by atoms with van der Waals surface area (Å²) >= 11 is -0.855. The number of hydrogen-bond donors (Lipinski definition) is 0. The van der Waals surface area contributed by atoms with Crippen molar-refractivity contribution in [3.8, 4) is 0 Å². The molecule has 1 rings (SSSR count). The van der Waals surface area contributed by atoms with E-state index in [2.05, 4.69) is 26.0 Å². The summed E-state index contributed by atoms with van der Waals surface area (Å²) in [6.07, 6.45) is 6.29. The molecule has 84 valence electrons. The lowest BCUT2D eigenvalue weighted by Crippen LogP contribution is -2.01. The molecule has 2 heteroatoms. The van der Waals surface area contributed by atoms with E-state index in [1.165, 1.54) is 17.5 Å². The van der Waals surface area contributed by atoms with E-state index in [-0.39, 0.29) is 0 Å². The van der Waals surface area contributed by atoms with Gasteiger partial charge in [-0.2, -0.15) is 0 Å². The molecule has 1 aromatic carbocycles. The summed E-state index contributed by atoms with van der Waals surface area (Å²) in [5.74, 6) is 0. The molecule has 0 heterocycles. The van der Waals surface area contributed by atoms with Crippen LogP contribution >= 0.6 is 0 Å². The zero-order valence-corrected chi connectivity index (χ0v) is 10.7. The van der Waals surface area contributed by atoms with Crippen LogP contribution in [0.2, 0.25) is 0 Å². The Hall–Kier alpha value is -0.470. The van der Waals surface area contributed by atoms with Crippen LogP contribution < -0.4 is 0 Å². The van der Waals surface area contributed by atoms with Crippen LogP contribution in [-0.4, -0.2) is 10.8 Å². The first-order chi connectivity index (χ1) is 7.19. The molecule has 0 N–H and O–H groups in total. The van der Waals surface area contributed by atoms with Gasteiger partial charge in [0, 0.05) is 0 Å². The second-order valence-electron chi connectivity index (χ2n) is 3.88. The third-order valence-corrected chi connectivity index (χ3v) is 3.47. The Balaban J connectivity index is 2.97. The van der Waals surface area contributed by atoms with Gasteiger partial charge in [-0.1, -0.05) is 32.8 Å². The molecule has 0 aromatic heterocycles. The summed E-state index contributed by atoms with van der Waals surface area (Å²) in [5.41, 5.74) is 2.81. The zero-order valence-electron chi connectivity index (χ0n) is 9.88. The first kappa shape index (κ1) is 12.6. The van der Waals surface area contributed by atoms with Gasteiger partial charge in [-0.15, -0.1) is 0 Å². The third-order valence-electron chi connectivity index (χ3n) is 2.55. The van der Waals surface area contributed by atoms with E-state index in [1.54, 1.807) is 6.26 Å². The van der Waals surface area contributed by atoms with Gasteiger partial charge in [0.15, 0.2) is 4.90 Å². The van der Waals surface area contributed by atoms with Crippen LogP contribution in [0.25, 0.3) is 0 Å². The highest BCUT2D eigenvalue weighted by Gasteiger charge is 2.08. The molecule has 0 aliphatic carbocycles. The van der Waals surface area contributed by atoms with Gasteiger partial charge in [0.2, 0.25) is 0 Å². The van der Waals surface area contributed by atoms with E-state index in [9.17, 15) is 4.55 Å². The Morgan fingerprint density at radius 3 is 2.20 bits per heavy atom. The largest absolute Gasteiger partial charge is 0.612 e. The molecule has 0 aliphatic heterocycles. The molecule has 0 amide bonds. The maximum absolute atomic E-state index is 11.4. The fraction of sp³-hybridized carbons (Fsp3) is 0.538. The van der Waals surface area contributed by atoms with Crippen molar-refractivity contribution in [1.29, 1.82) is 0 Å². The lowest BCUT2D eigenvalue weighted by Gasteiger charge is -2.11. The summed E-state index contributed by atoms with van der Waals surface area (Å²) in [5, 5.41) is 0. The molecule has 1 atom stereocenters. The highest BCUT2D eigenvalue weighted by molar-refractivity contribution is 7.90. The van der Waals surface area contributed by atoms with Crippen molar-refractivity contribution in [3.63, 3.8) is 0 Å². The Labute approximate surface area is 96.1 Å². The van der Waals surface area contributed by atoms with Crippen LogP contribution in [0.15, 0.2) is 23.1 Å². The van der Waals surface area contributed by atoms with Crippen molar-refractivity contribution in [2.45, 2.75) is 44.4 Å². The van der Waals surface area contributed by atoms with Crippen molar-refractivity contribution in [2.24, 2.45) is 0 Å². The fourth-order valence-corrected chi connectivity index (χ4v) is 2.36. The zero-order chi connectivity index (χ0) is 11.3. The minimum atomic E-state index is -0.855. The highest BCUT2D eigenvalue weighted by atomic mass is 32.2. The van der Waals surface area contributed by atoms with Gasteiger partial charge in [-0.25, -0.2) is 0 Å². The second-order valence-corrected chi connectivity index (χ2v) is 5.26. The maximum Gasteiger partial charge on any atom is 0.152 e. The first-order valence-electron chi connectivity index (χ1n) is 5.64. The number of aryl methyl sites for hydroxylation is 2. The van der Waals surface area contributed by atoms with Crippen LogP contribution in [0.1, 0.15) is 37.8 Å². The van der Waals surface area contributed by atoms with Gasteiger partial charge >= 0.3 is 0 Å². The van der Waals surface area contributed by atoms with E-state index in [4.69, 9.17) is 0 Å². The van der Waals surface area contributed by atoms with Crippen molar-refractivity contribution in [3.05, 3.63) is 29.3 Å². The molecule has 0 saturated heterocycles. The third kappa shape index (κ3) is 3.54. The lowest BCUT2D eigenvalue weighted by atomic mass is 10.00. The Morgan fingerprint density at radius 1 is 1.07 bits per heavy atom. The Bertz CT molecular complexity index is 307. The van der Waals surface area contributed by atoms with Crippen molar-refractivity contribution in [2.75, 3.05) is 6.26 Å². The fourth-order valence-electron chi connectivity index (χ4n) is 1.80. The first-order valence-corrected chi connectivity index (χ1v) is 7.20. The highest BCUT2D eigenvalue weighted by Crippen LogP contribution is 2.19. The maximum atomic E-state index is 11.4. The molecule has 0 bridgehead atoms. The summed E-state index contributed by atoms with van der Waals surface area (Å²) in [7, 11) is 0. The molecule has 0 spiro atoms. The van der Waals surface area contributed by atoms with E-state index in [1.807, 2.05) is 6.07 Å². The number of benzene rings is 1. The number of hydrogen-bond acceptors (Lipinski definition) is 1. The van der Waals surface area contributed by atoms with Crippen molar-refractivity contribution in [1.82, 2.24) is 0 Å². The summed E-state index contributed by atoms with van der Waals surface area (Å²) in [6.45, 7) is 4.38. The molecule has 0 aliphatic rings. The molecule has 0 fully saturated rings. The summed E-state index contributed by atoms with van der Waals surface area (Å²) < 4.78 is 11.4. The lowest BCUT2D eigenvalue weighted by molar-refractivity contribution is 0.600. The minimum absolute atomic E-state index is 0.855. The standard InChI is InChI=1S/C13H20OS/c1-4-6-11-8-9-13(15(3)14)10-12(11)7-5-2/h8-10H,4-7H2,1-3H3. The monoisotopic (exact) mass is 224 g/mol. The van der Waals surface area contributed by atoms with Crippen LogP contribution in [0.3, 0.4) is 0 Å². The molecule has 1 nitrogen and oxygen atoms in total. The molecular weight excluding hydrogens is 204 g/mol. The van der Waals surface area contributed by atoms with Gasteiger partial charge in [0.05, 0.1) is 0 Å². The topological polar surface area (TPSA) is 23.1 Å². The summed E-state index contributed by atoms with van der Waals surface area (Å²) in [6, 6.07) is 6.26. The van der Waals surface area contributed by atoms with Crippen molar-refractivity contribution < 1.29 is 4.55 Å². The van der Waals surface area contributed by atoms with Crippen LogP contribution in [-0.2, 0) is 24.0 Å². The van der Waals surface area contributed by atoms with E-state index >= 15 is 0 Å².